The monoisotopic (exact) mass is 516 g/mol. The Morgan fingerprint density at radius 2 is 1.89 bits per heavy atom. The van der Waals surface area contributed by atoms with Crippen LogP contribution in [0.5, 0.6) is 5.75 Å². The van der Waals surface area contributed by atoms with Crippen LogP contribution in [0.25, 0.3) is 11.3 Å². The molecular weight excluding hydrogens is 497 g/mol. The average Bonchev–Trinajstić information content (AvgIpc) is 3.29. The molecule has 0 radical (unpaired) electrons. The minimum atomic E-state index is -4.53. The summed E-state index contributed by atoms with van der Waals surface area (Å²) in [5.74, 6) is 0.362. The number of fused-ring (bicyclic) bond motifs is 1. The number of rotatable bonds is 5. The number of sulfonamides is 1. The fourth-order valence-electron chi connectivity index (χ4n) is 4.16. The van der Waals surface area contributed by atoms with Crippen molar-refractivity contribution < 1.29 is 30.7 Å². The van der Waals surface area contributed by atoms with Crippen molar-refractivity contribution in [1.29, 1.82) is 0 Å². The zero-order chi connectivity index (χ0) is 25.5. The van der Waals surface area contributed by atoms with E-state index in [1.807, 2.05) is 0 Å². The van der Waals surface area contributed by atoms with Gasteiger partial charge in [-0.3, -0.25) is 4.72 Å². The number of aryl methyl sites for hydroxylation is 1. The Bertz CT molecular complexity index is 1520. The summed E-state index contributed by atoms with van der Waals surface area (Å²) in [5.41, 5.74) is 1.04. The molecule has 0 amide bonds. The highest BCUT2D eigenvalue weighted by molar-refractivity contribution is 7.92. The Morgan fingerprint density at radius 3 is 2.58 bits per heavy atom. The summed E-state index contributed by atoms with van der Waals surface area (Å²) in [6.07, 6.45) is -1.31. The molecule has 36 heavy (non-hydrogen) atoms. The van der Waals surface area contributed by atoms with E-state index >= 15 is 0 Å². The Labute approximate surface area is 204 Å². The molecule has 0 saturated carbocycles. The Hall–Kier alpha value is -3.93. The van der Waals surface area contributed by atoms with Crippen LogP contribution in [0.2, 0.25) is 0 Å². The van der Waals surface area contributed by atoms with Crippen molar-refractivity contribution in [2.45, 2.75) is 30.3 Å². The van der Waals surface area contributed by atoms with Gasteiger partial charge in [-0.2, -0.15) is 18.3 Å². The molecule has 0 aliphatic carbocycles. The fraction of sp³-hybridized carbons (Fsp3) is 0.208. The van der Waals surface area contributed by atoms with Crippen molar-refractivity contribution in [2.24, 2.45) is 0 Å². The van der Waals surface area contributed by atoms with Crippen LogP contribution in [0.1, 0.15) is 34.9 Å². The zero-order valence-electron chi connectivity index (χ0n) is 18.8. The highest BCUT2D eigenvalue weighted by Gasteiger charge is 2.34. The summed E-state index contributed by atoms with van der Waals surface area (Å²) in [5, 5.41) is 7.38. The molecule has 3 heterocycles. The lowest BCUT2D eigenvalue weighted by atomic mass is 9.83. The van der Waals surface area contributed by atoms with Crippen LogP contribution in [-0.4, -0.2) is 30.2 Å². The van der Waals surface area contributed by atoms with Gasteiger partial charge in [0.15, 0.2) is 11.7 Å². The number of alkyl halides is 3. The third kappa shape index (κ3) is 4.63. The van der Waals surface area contributed by atoms with E-state index in [-0.39, 0.29) is 28.9 Å². The highest BCUT2D eigenvalue weighted by atomic mass is 32.2. The highest BCUT2D eigenvalue weighted by Crippen LogP contribution is 2.44. The van der Waals surface area contributed by atoms with Crippen molar-refractivity contribution in [2.75, 3.05) is 11.3 Å². The van der Waals surface area contributed by atoms with Gasteiger partial charge < -0.3 is 9.15 Å². The van der Waals surface area contributed by atoms with Crippen LogP contribution in [0.4, 0.5) is 19.0 Å². The number of aromatic nitrogens is 3. The molecule has 186 valence electrons. The molecular formula is C24H19F3N4O4S. The van der Waals surface area contributed by atoms with Gasteiger partial charge in [0.25, 0.3) is 10.0 Å². The summed E-state index contributed by atoms with van der Waals surface area (Å²) in [4.78, 5) is 4.19. The molecule has 12 heteroatoms. The van der Waals surface area contributed by atoms with E-state index in [1.165, 1.54) is 36.7 Å². The predicted octanol–water partition coefficient (Wildman–Crippen LogP) is 5.17. The first-order valence-electron chi connectivity index (χ1n) is 10.8. The molecule has 1 aliphatic rings. The molecule has 2 aromatic carbocycles. The number of benzene rings is 2. The number of nitrogens with one attached hydrogen (secondary N) is 1. The quantitative estimate of drug-likeness (QED) is 0.390. The minimum Gasteiger partial charge on any atom is -0.493 e. The lowest BCUT2D eigenvalue weighted by Gasteiger charge is -2.28. The maximum absolute atomic E-state index is 13.5. The van der Waals surface area contributed by atoms with Crippen LogP contribution in [0.15, 0.2) is 70.3 Å². The number of hydrogen-bond acceptors (Lipinski definition) is 7. The van der Waals surface area contributed by atoms with Crippen LogP contribution in [-0.2, 0) is 16.2 Å². The Balaban J connectivity index is 1.55. The standard InChI is InChI=1S/C24H19F3N4O4S/c1-14-29-21(13-35-14)20-11-15(24(25,26)27)4-6-17(20)18-8-10-34-22-12-16(5-7-19(18)22)36(32,33)31-23-3-2-9-28-30-23/h2-7,9,11-13,18H,8,10H2,1H3,(H,30,31)/t18-/m0/s1. The molecule has 0 fully saturated rings. The van der Waals surface area contributed by atoms with E-state index < -0.39 is 21.8 Å². The Kier molecular flexibility index (Phi) is 5.91. The first-order chi connectivity index (χ1) is 17.1. The predicted molar refractivity (Wildman–Crippen MR) is 123 cm³/mol. The third-order valence-electron chi connectivity index (χ3n) is 5.80. The van der Waals surface area contributed by atoms with Crippen molar-refractivity contribution in [3.63, 3.8) is 0 Å². The zero-order valence-corrected chi connectivity index (χ0v) is 19.6. The number of oxazole rings is 1. The largest absolute Gasteiger partial charge is 0.493 e. The van der Waals surface area contributed by atoms with Gasteiger partial charge in [-0.15, -0.1) is 5.10 Å². The number of ether oxygens (including phenoxy) is 1. The van der Waals surface area contributed by atoms with Crippen molar-refractivity contribution in [3.05, 3.63) is 83.6 Å². The van der Waals surface area contributed by atoms with Gasteiger partial charge in [0.1, 0.15) is 17.7 Å². The van der Waals surface area contributed by atoms with Gasteiger partial charge in [-0.25, -0.2) is 13.4 Å². The van der Waals surface area contributed by atoms with E-state index in [9.17, 15) is 21.6 Å². The second kappa shape index (κ2) is 8.94. The van der Waals surface area contributed by atoms with Gasteiger partial charge in [0.2, 0.25) is 0 Å². The first kappa shape index (κ1) is 23.8. The summed E-state index contributed by atoms with van der Waals surface area (Å²) < 4.78 is 79.5. The molecule has 1 aliphatic heterocycles. The molecule has 0 unspecified atom stereocenters. The van der Waals surface area contributed by atoms with Gasteiger partial charge in [0, 0.05) is 36.2 Å². The van der Waals surface area contributed by atoms with Crippen LogP contribution in [0.3, 0.4) is 0 Å². The van der Waals surface area contributed by atoms with Gasteiger partial charge in [0.05, 0.1) is 17.1 Å². The van der Waals surface area contributed by atoms with Crippen LogP contribution < -0.4 is 9.46 Å². The second-order valence-electron chi connectivity index (χ2n) is 8.16. The maximum Gasteiger partial charge on any atom is 0.416 e. The number of halogens is 3. The van der Waals surface area contributed by atoms with E-state index in [2.05, 4.69) is 19.9 Å². The third-order valence-corrected chi connectivity index (χ3v) is 7.15. The molecule has 1 N–H and O–H groups in total. The smallest absolute Gasteiger partial charge is 0.416 e. The molecule has 2 aromatic heterocycles. The number of hydrogen-bond donors (Lipinski definition) is 1. The molecule has 0 spiro atoms. The molecule has 5 rings (SSSR count). The summed E-state index contributed by atoms with van der Waals surface area (Å²) in [6, 6.07) is 11.0. The van der Waals surface area contributed by atoms with Gasteiger partial charge in [-0.05, 0) is 42.3 Å². The normalized spacial score (nSPS) is 15.7. The first-order valence-corrected chi connectivity index (χ1v) is 12.3. The molecule has 4 aromatic rings. The van der Waals surface area contributed by atoms with E-state index in [1.54, 1.807) is 19.1 Å². The molecule has 8 nitrogen and oxygen atoms in total. The SMILES string of the molecule is Cc1nc(-c2cc(C(F)(F)F)ccc2[C@@H]2CCOc3cc(S(=O)(=O)Nc4cccnn4)ccc32)co1. The summed E-state index contributed by atoms with van der Waals surface area (Å²) >= 11 is 0. The van der Waals surface area contributed by atoms with Crippen LogP contribution in [0, 0.1) is 6.92 Å². The number of nitrogens with zero attached hydrogens (tertiary/aromatic N) is 3. The molecule has 0 saturated heterocycles. The fourth-order valence-corrected chi connectivity index (χ4v) is 5.17. The van der Waals surface area contributed by atoms with E-state index in [4.69, 9.17) is 9.15 Å². The molecule has 0 bridgehead atoms. The van der Waals surface area contributed by atoms with Crippen molar-refractivity contribution in [1.82, 2.24) is 15.2 Å². The maximum atomic E-state index is 13.5. The molecule has 1 atom stereocenters. The second-order valence-corrected chi connectivity index (χ2v) is 9.84. The lowest BCUT2D eigenvalue weighted by Crippen LogP contribution is -2.19. The minimum absolute atomic E-state index is 0.0488. The van der Waals surface area contributed by atoms with E-state index in [0.29, 0.717) is 34.8 Å². The summed E-state index contributed by atoms with van der Waals surface area (Å²) in [7, 11) is -3.98. The summed E-state index contributed by atoms with van der Waals surface area (Å²) in [6.45, 7) is 1.86. The van der Waals surface area contributed by atoms with Crippen molar-refractivity contribution in [3.8, 4) is 17.0 Å². The van der Waals surface area contributed by atoms with E-state index in [0.717, 1.165) is 12.1 Å². The number of anilines is 1. The van der Waals surface area contributed by atoms with Crippen LogP contribution >= 0.6 is 0 Å². The van der Waals surface area contributed by atoms with Gasteiger partial charge in [-0.1, -0.05) is 12.1 Å². The lowest BCUT2D eigenvalue weighted by molar-refractivity contribution is -0.137. The topological polar surface area (TPSA) is 107 Å². The Morgan fingerprint density at radius 1 is 1.08 bits per heavy atom. The van der Waals surface area contributed by atoms with Gasteiger partial charge >= 0.3 is 6.18 Å². The van der Waals surface area contributed by atoms with Crippen molar-refractivity contribution >= 4 is 15.8 Å². The average molecular weight is 517 g/mol.